The van der Waals surface area contributed by atoms with Crippen LogP contribution >= 0.6 is 0 Å². The summed E-state index contributed by atoms with van der Waals surface area (Å²) in [4.78, 5) is 13.2. The molecule has 0 unspecified atom stereocenters. The van der Waals surface area contributed by atoms with Gasteiger partial charge in [-0.05, 0) is 63.8 Å². The monoisotopic (exact) mass is 414 g/mol. The second-order valence-corrected chi connectivity index (χ2v) is 10.0. The van der Waals surface area contributed by atoms with Gasteiger partial charge in [0, 0.05) is 13.1 Å². The van der Waals surface area contributed by atoms with Crippen LogP contribution in [0.1, 0.15) is 48.1 Å². The van der Waals surface area contributed by atoms with Crippen LogP contribution in [0.15, 0.2) is 47.4 Å². The zero-order valence-electron chi connectivity index (χ0n) is 17.6. The van der Waals surface area contributed by atoms with Gasteiger partial charge < -0.3 is 5.32 Å². The highest BCUT2D eigenvalue weighted by molar-refractivity contribution is 7.89. The average molecular weight is 415 g/mol. The van der Waals surface area contributed by atoms with Gasteiger partial charge in [-0.3, -0.25) is 4.79 Å². The molecule has 0 aliphatic carbocycles. The molecule has 1 amide bonds. The Morgan fingerprint density at radius 2 is 1.72 bits per heavy atom. The molecule has 6 heteroatoms. The van der Waals surface area contributed by atoms with Crippen LogP contribution in [-0.4, -0.2) is 31.7 Å². The van der Waals surface area contributed by atoms with Crippen LogP contribution in [0.4, 0.5) is 0 Å². The molecule has 156 valence electrons. The summed E-state index contributed by atoms with van der Waals surface area (Å²) in [7, 11) is -3.58. The fraction of sp³-hybridized carbons (Fsp3) is 0.435. The number of rotatable bonds is 5. The van der Waals surface area contributed by atoms with Gasteiger partial charge >= 0.3 is 0 Å². The van der Waals surface area contributed by atoms with Crippen molar-refractivity contribution >= 4 is 15.9 Å². The van der Waals surface area contributed by atoms with Crippen LogP contribution in [0.5, 0.6) is 0 Å². The maximum Gasteiger partial charge on any atom is 0.243 e. The lowest BCUT2D eigenvalue weighted by molar-refractivity contribution is -0.126. The number of carbonyl (C=O) groups is 1. The summed E-state index contributed by atoms with van der Waals surface area (Å²) in [5.74, 6) is -0.418. The van der Waals surface area contributed by atoms with E-state index in [0.717, 1.165) is 16.7 Å². The van der Waals surface area contributed by atoms with Gasteiger partial charge in [-0.15, -0.1) is 0 Å². The highest BCUT2D eigenvalue weighted by atomic mass is 32.2. The van der Waals surface area contributed by atoms with Gasteiger partial charge in [0.25, 0.3) is 0 Å². The van der Waals surface area contributed by atoms with Crippen molar-refractivity contribution in [3.8, 4) is 0 Å². The van der Waals surface area contributed by atoms with E-state index in [-0.39, 0.29) is 29.3 Å². The zero-order chi connectivity index (χ0) is 21.2. The van der Waals surface area contributed by atoms with Crippen LogP contribution in [0, 0.1) is 26.7 Å². The molecule has 1 saturated heterocycles. The number of nitrogens with one attached hydrogen (secondary N) is 1. The van der Waals surface area contributed by atoms with Crippen molar-refractivity contribution in [1.29, 1.82) is 0 Å². The Bertz CT molecular complexity index is 984. The predicted molar refractivity (Wildman–Crippen MR) is 115 cm³/mol. The highest BCUT2D eigenvalue weighted by Gasteiger charge is 2.33. The first-order valence-corrected chi connectivity index (χ1v) is 11.6. The van der Waals surface area contributed by atoms with E-state index in [0.29, 0.717) is 19.4 Å². The number of piperidine rings is 1. The first-order chi connectivity index (χ1) is 13.7. The van der Waals surface area contributed by atoms with Crippen LogP contribution in [-0.2, 0) is 14.8 Å². The van der Waals surface area contributed by atoms with Gasteiger partial charge in [0.1, 0.15) is 0 Å². The van der Waals surface area contributed by atoms with Gasteiger partial charge in [-0.2, -0.15) is 4.31 Å². The molecule has 0 saturated carbocycles. The summed E-state index contributed by atoms with van der Waals surface area (Å²) in [6.07, 6.45) is 1.38. The van der Waals surface area contributed by atoms with E-state index >= 15 is 0 Å². The number of hydrogen-bond donors (Lipinski definition) is 1. The van der Waals surface area contributed by atoms with Gasteiger partial charge in [0.05, 0.1) is 16.9 Å². The third-order valence-electron chi connectivity index (χ3n) is 5.66. The molecule has 29 heavy (non-hydrogen) atoms. The molecule has 2 aromatic rings. The SMILES string of the molecule is Cc1ccc(S(=O)(=O)N2CCC[C@@H](C(=O)N[C@@H](C)c3ccc(C)cc3C)C2)cc1. The molecular weight excluding hydrogens is 384 g/mol. The Morgan fingerprint density at radius 3 is 2.38 bits per heavy atom. The average Bonchev–Trinajstić information content (AvgIpc) is 2.68. The van der Waals surface area contributed by atoms with Crippen molar-refractivity contribution in [2.75, 3.05) is 13.1 Å². The predicted octanol–water partition coefficient (Wildman–Crippen LogP) is 3.89. The van der Waals surface area contributed by atoms with E-state index in [1.807, 2.05) is 39.8 Å². The molecule has 2 aromatic carbocycles. The number of sulfonamides is 1. The molecule has 3 rings (SSSR count). The smallest absolute Gasteiger partial charge is 0.243 e. The first-order valence-electron chi connectivity index (χ1n) is 10.1. The summed E-state index contributed by atoms with van der Waals surface area (Å²) in [5.41, 5.74) is 4.43. The van der Waals surface area contributed by atoms with E-state index in [9.17, 15) is 13.2 Å². The lowest BCUT2D eigenvalue weighted by Gasteiger charge is -2.32. The molecule has 0 aromatic heterocycles. The van der Waals surface area contributed by atoms with Crippen molar-refractivity contribution in [3.05, 3.63) is 64.7 Å². The summed E-state index contributed by atoms with van der Waals surface area (Å²) >= 11 is 0. The number of nitrogens with zero attached hydrogens (tertiary/aromatic N) is 1. The Hall–Kier alpha value is -2.18. The molecule has 5 nitrogen and oxygen atoms in total. The van der Waals surface area contributed by atoms with Crippen molar-refractivity contribution in [1.82, 2.24) is 9.62 Å². The Kier molecular flexibility index (Phi) is 6.44. The topological polar surface area (TPSA) is 66.5 Å². The minimum atomic E-state index is -3.58. The van der Waals surface area contributed by atoms with E-state index in [2.05, 4.69) is 11.4 Å². The van der Waals surface area contributed by atoms with Crippen LogP contribution in [0.2, 0.25) is 0 Å². The molecule has 2 atom stereocenters. The molecule has 1 N–H and O–H groups in total. The van der Waals surface area contributed by atoms with Gasteiger partial charge in [0.15, 0.2) is 0 Å². The molecule has 0 radical (unpaired) electrons. The molecule has 0 bridgehead atoms. The van der Waals surface area contributed by atoms with E-state index in [1.165, 1.54) is 9.87 Å². The zero-order valence-corrected chi connectivity index (χ0v) is 18.4. The van der Waals surface area contributed by atoms with Crippen molar-refractivity contribution < 1.29 is 13.2 Å². The summed E-state index contributed by atoms with van der Waals surface area (Å²) in [5, 5.41) is 3.08. The summed E-state index contributed by atoms with van der Waals surface area (Å²) in [6, 6.07) is 12.9. The normalized spacial score (nSPS) is 19.0. The van der Waals surface area contributed by atoms with E-state index < -0.39 is 10.0 Å². The van der Waals surface area contributed by atoms with Crippen molar-refractivity contribution in [2.45, 2.75) is 51.5 Å². The number of amides is 1. The van der Waals surface area contributed by atoms with Gasteiger partial charge in [-0.1, -0.05) is 41.5 Å². The number of hydrogen-bond acceptors (Lipinski definition) is 3. The number of aryl methyl sites for hydroxylation is 3. The summed E-state index contributed by atoms with van der Waals surface area (Å²) < 4.78 is 27.4. The fourth-order valence-corrected chi connectivity index (χ4v) is 5.48. The quantitative estimate of drug-likeness (QED) is 0.807. The van der Waals surface area contributed by atoms with Crippen molar-refractivity contribution in [3.63, 3.8) is 0 Å². The second kappa shape index (κ2) is 8.67. The third kappa shape index (κ3) is 4.87. The van der Waals surface area contributed by atoms with Crippen LogP contribution < -0.4 is 5.32 Å². The minimum absolute atomic E-state index is 0.0821. The first kappa shape index (κ1) is 21.5. The maximum atomic E-state index is 13.0. The fourth-order valence-electron chi connectivity index (χ4n) is 3.95. The molecule has 1 fully saturated rings. The standard InChI is InChI=1S/C23H30N2O3S/c1-16-7-10-21(11-8-16)29(27,28)25-13-5-6-20(15-25)23(26)24-19(4)22-12-9-17(2)14-18(22)3/h7-12,14,19-20H,5-6,13,15H2,1-4H3,(H,24,26)/t19-,20+/m0/s1. The molecule has 1 aliphatic rings. The second-order valence-electron chi connectivity index (χ2n) is 8.11. The number of benzene rings is 2. The van der Waals surface area contributed by atoms with Gasteiger partial charge in [-0.25, -0.2) is 8.42 Å². The third-order valence-corrected chi connectivity index (χ3v) is 7.54. The Balaban J connectivity index is 1.69. The molecule has 0 spiro atoms. The van der Waals surface area contributed by atoms with Crippen LogP contribution in [0.3, 0.4) is 0 Å². The van der Waals surface area contributed by atoms with Crippen LogP contribution in [0.25, 0.3) is 0 Å². The lowest BCUT2D eigenvalue weighted by Crippen LogP contribution is -2.45. The Morgan fingerprint density at radius 1 is 1.07 bits per heavy atom. The summed E-state index contributed by atoms with van der Waals surface area (Å²) in [6.45, 7) is 8.66. The largest absolute Gasteiger partial charge is 0.349 e. The van der Waals surface area contributed by atoms with E-state index in [4.69, 9.17) is 0 Å². The molecule has 1 aliphatic heterocycles. The molecular formula is C23H30N2O3S. The molecule has 1 heterocycles. The lowest BCUT2D eigenvalue weighted by atomic mass is 9.96. The van der Waals surface area contributed by atoms with Crippen molar-refractivity contribution in [2.24, 2.45) is 5.92 Å². The highest BCUT2D eigenvalue weighted by Crippen LogP contribution is 2.25. The maximum absolute atomic E-state index is 13.0. The van der Waals surface area contributed by atoms with Gasteiger partial charge in [0.2, 0.25) is 15.9 Å². The number of carbonyl (C=O) groups excluding carboxylic acids is 1. The van der Waals surface area contributed by atoms with E-state index in [1.54, 1.807) is 24.3 Å². The Labute approximate surface area is 174 Å². The minimum Gasteiger partial charge on any atom is -0.349 e.